The molecule has 1 atom stereocenters. The zero-order valence-electron chi connectivity index (χ0n) is 11.3. The highest BCUT2D eigenvalue weighted by Gasteiger charge is 2.22. The fraction of sp³-hybridized carbons (Fsp3) is 0.500. The molecule has 0 heterocycles. The maximum Gasteiger partial charge on any atom is 0.191 e. The molecular formula is C14H20ClN3S. The molecule has 1 fully saturated rings. The first-order chi connectivity index (χ1) is 9.22. The Morgan fingerprint density at radius 3 is 2.89 bits per heavy atom. The van der Waals surface area contributed by atoms with Crippen molar-refractivity contribution >= 4 is 29.3 Å². The topological polar surface area (TPSA) is 36.4 Å². The number of nitrogens with zero attached hydrogens (tertiary/aromatic N) is 1. The summed E-state index contributed by atoms with van der Waals surface area (Å²) in [7, 11) is 1.81. The van der Waals surface area contributed by atoms with Gasteiger partial charge in [0, 0.05) is 29.9 Å². The SMILES string of the molecule is CN=C(NCC(SC)c1cccc(Cl)c1)NC1CC1. The minimum Gasteiger partial charge on any atom is -0.355 e. The standard InChI is InChI=1S/C14H20ClN3S/c1-16-14(18-12-6-7-12)17-9-13(19-2)10-4-3-5-11(15)8-10/h3-5,8,12-13H,6-7,9H2,1-2H3,(H2,16,17,18). The van der Waals surface area contributed by atoms with Crippen LogP contribution in [-0.2, 0) is 0 Å². The lowest BCUT2D eigenvalue weighted by Crippen LogP contribution is -2.40. The summed E-state index contributed by atoms with van der Waals surface area (Å²) >= 11 is 7.86. The number of hydrogen-bond donors (Lipinski definition) is 2. The molecule has 2 rings (SSSR count). The molecule has 1 unspecified atom stereocenters. The van der Waals surface area contributed by atoms with E-state index in [1.165, 1.54) is 18.4 Å². The molecule has 1 saturated carbocycles. The molecule has 0 saturated heterocycles. The van der Waals surface area contributed by atoms with Gasteiger partial charge in [0.1, 0.15) is 0 Å². The van der Waals surface area contributed by atoms with Gasteiger partial charge in [-0.05, 0) is 36.8 Å². The van der Waals surface area contributed by atoms with Crippen LogP contribution in [0.4, 0.5) is 0 Å². The third-order valence-electron chi connectivity index (χ3n) is 3.10. The van der Waals surface area contributed by atoms with E-state index < -0.39 is 0 Å². The Balaban J connectivity index is 1.91. The summed E-state index contributed by atoms with van der Waals surface area (Å²) in [6.07, 6.45) is 4.62. The summed E-state index contributed by atoms with van der Waals surface area (Å²) in [5, 5.41) is 7.93. The molecule has 1 aliphatic rings. The molecule has 5 heteroatoms. The van der Waals surface area contributed by atoms with Crippen LogP contribution < -0.4 is 10.6 Å². The number of guanidine groups is 1. The third kappa shape index (κ3) is 4.62. The average molecular weight is 298 g/mol. The van der Waals surface area contributed by atoms with Gasteiger partial charge < -0.3 is 10.6 Å². The summed E-state index contributed by atoms with van der Waals surface area (Å²) < 4.78 is 0. The second kappa shape index (κ2) is 7.06. The highest BCUT2D eigenvalue weighted by Crippen LogP contribution is 2.27. The lowest BCUT2D eigenvalue weighted by molar-refractivity contribution is 0.784. The molecular weight excluding hydrogens is 278 g/mol. The minimum atomic E-state index is 0.372. The number of aliphatic imine (C=N–C) groups is 1. The van der Waals surface area contributed by atoms with E-state index in [0.717, 1.165) is 17.5 Å². The Kier molecular flexibility index (Phi) is 5.40. The first kappa shape index (κ1) is 14.5. The van der Waals surface area contributed by atoms with Crippen LogP contribution in [0.2, 0.25) is 5.02 Å². The molecule has 0 spiro atoms. The second-order valence-corrected chi connectivity index (χ2v) is 6.13. The van der Waals surface area contributed by atoms with Crippen LogP contribution in [0, 0.1) is 0 Å². The maximum atomic E-state index is 6.05. The Labute approximate surface area is 124 Å². The lowest BCUT2D eigenvalue weighted by Gasteiger charge is -2.18. The molecule has 0 bridgehead atoms. The predicted octanol–water partition coefficient (Wildman–Crippen LogP) is 3.07. The van der Waals surface area contributed by atoms with E-state index >= 15 is 0 Å². The molecule has 19 heavy (non-hydrogen) atoms. The van der Waals surface area contributed by atoms with Gasteiger partial charge in [0.2, 0.25) is 0 Å². The van der Waals surface area contributed by atoms with Crippen LogP contribution in [0.25, 0.3) is 0 Å². The van der Waals surface area contributed by atoms with Crippen molar-refractivity contribution in [3.8, 4) is 0 Å². The molecule has 3 nitrogen and oxygen atoms in total. The normalized spacial score (nSPS) is 17.1. The maximum absolute atomic E-state index is 6.05. The van der Waals surface area contributed by atoms with Crippen molar-refractivity contribution in [2.75, 3.05) is 19.8 Å². The predicted molar refractivity (Wildman–Crippen MR) is 85.2 cm³/mol. The van der Waals surface area contributed by atoms with Gasteiger partial charge in [0.15, 0.2) is 5.96 Å². The van der Waals surface area contributed by atoms with E-state index in [-0.39, 0.29) is 0 Å². The number of hydrogen-bond acceptors (Lipinski definition) is 2. The van der Waals surface area contributed by atoms with Gasteiger partial charge in [-0.15, -0.1) is 0 Å². The molecule has 0 amide bonds. The van der Waals surface area contributed by atoms with E-state index in [4.69, 9.17) is 11.6 Å². The fourth-order valence-corrected chi connectivity index (χ4v) is 2.72. The van der Waals surface area contributed by atoms with E-state index in [2.05, 4.69) is 27.9 Å². The van der Waals surface area contributed by atoms with Crippen molar-refractivity contribution < 1.29 is 0 Å². The van der Waals surface area contributed by atoms with E-state index in [9.17, 15) is 0 Å². The molecule has 1 aliphatic carbocycles. The third-order valence-corrected chi connectivity index (χ3v) is 4.34. The zero-order chi connectivity index (χ0) is 13.7. The first-order valence-corrected chi connectivity index (χ1v) is 8.15. The van der Waals surface area contributed by atoms with Crippen molar-refractivity contribution in [1.29, 1.82) is 0 Å². The number of rotatable bonds is 5. The van der Waals surface area contributed by atoms with Gasteiger partial charge in [0.05, 0.1) is 0 Å². The van der Waals surface area contributed by atoms with Crippen LogP contribution in [-0.4, -0.2) is 31.8 Å². The molecule has 0 aromatic heterocycles. The number of nitrogens with one attached hydrogen (secondary N) is 2. The number of benzene rings is 1. The van der Waals surface area contributed by atoms with Crippen LogP contribution >= 0.6 is 23.4 Å². The molecule has 2 N–H and O–H groups in total. The van der Waals surface area contributed by atoms with Crippen molar-refractivity contribution in [3.63, 3.8) is 0 Å². The van der Waals surface area contributed by atoms with Crippen molar-refractivity contribution in [2.45, 2.75) is 24.1 Å². The minimum absolute atomic E-state index is 0.372. The van der Waals surface area contributed by atoms with Gasteiger partial charge >= 0.3 is 0 Å². The van der Waals surface area contributed by atoms with Crippen molar-refractivity contribution in [2.24, 2.45) is 4.99 Å². The average Bonchev–Trinajstić information content (AvgIpc) is 3.22. The Hall–Kier alpha value is -0.870. The molecule has 0 radical (unpaired) electrons. The Morgan fingerprint density at radius 2 is 2.32 bits per heavy atom. The molecule has 0 aliphatic heterocycles. The van der Waals surface area contributed by atoms with Gasteiger partial charge in [-0.25, -0.2) is 0 Å². The zero-order valence-corrected chi connectivity index (χ0v) is 12.9. The summed E-state index contributed by atoms with van der Waals surface area (Å²) in [4.78, 5) is 4.24. The van der Waals surface area contributed by atoms with Crippen LogP contribution in [0.15, 0.2) is 29.3 Å². The van der Waals surface area contributed by atoms with Crippen LogP contribution in [0.5, 0.6) is 0 Å². The molecule has 104 valence electrons. The first-order valence-electron chi connectivity index (χ1n) is 6.48. The summed E-state index contributed by atoms with van der Waals surface area (Å²) in [6.45, 7) is 0.841. The van der Waals surface area contributed by atoms with Crippen molar-refractivity contribution in [3.05, 3.63) is 34.9 Å². The summed E-state index contributed by atoms with van der Waals surface area (Å²) in [5.41, 5.74) is 1.24. The van der Waals surface area contributed by atoms with E-state index in [1.54, 1.807) is 0 Å². The van der Waals surface area contributed by atoms with Gasteiger partial charge in [0.25, 0.3) is 0 Å². The Morgan fingerprint density at radius 1 is 1.53 bits per heavy atom. The summed E-state index contributed by atoms with van der Waals surface area (Å²) in [5.74, 6) is 0.892. The van der Waals surface area contributed by atoms with Gasteiger partial charge in [-0.2, -0.15) is 11.8 Å². The molecule has 1 aromatic rings. The highest BCUT2D eigenvalue weighted by molar-refractivity contribution is 7.98. The fourth-order valence-electron chi connectivity index (χ4n) is 1.85. The Bertz CT molecular complexity index is 446. The highest BCUT2D eigenvalue weighted by atomic mass is 35.5. The van der Waals surface area contributed by atoms with E-state index in [1.807, 2.05) is 37.0 Å². The number of thioether (sulfide) groups is 1. The number of halogens is 1. The second-order valence-electron chi connectivity index (χ2n) is 4.65. The quantitative estimate of drug-likeness (QED) is 0.648. The van der Waals surface area contributed by atoms with E-state index in [0.29, 0.717) is 11.3 Å². The van der Waals surface area contributed by atoms with Gasteiger partial charge in [-0.3, -0.25) is 4.99 Å². The monoisotopic (exact) mass is 297 g/mol. The molecule has 1 aromatic carbocycles. The largest absolute Gasteiger partial charge is 0.355 e. The summed E-state index contributed by atoms with van der Waals surface area (Å²) in [6, 6.07) is 8.67. The van der Waals surface area contributed by atoms with Crippen LogP contribution in [0.1, 0.15) is 23.7 Å². The van der Waals surface area contributed by atoms with Gasteiger partial charge in [-0.1, -0.05) is 23.7 Å². The smallest absolute Gasteiger partial charge is 0.191 e. The van der Waals surface area contributed by atoms with Crippen LogP contribution in [0.3, 0.4) is 0 Å². The van der Waals surface area contributed by atoms with Crippen molar-refractivity contribution in [1.82, 2.24) is 10.6 Å². The lowest BCUT2D eigenvalue weighted by atomic mass is 10.1.